The zero-order valence-corrected chi connectivity index (χ0v) is 18.8. The number of benzene rings is 1. The Morgan fingerprint density at radius 1 is 1.10 bits per heavy atom. The van der Waals surface area contributed by atoms with E-state index in [4.69, 9.17) is 5.73 Å². The molecule has 0 saturated carbocycles. The van der Waals surface area contributed by atoms with Gasteiger partial charge in [-0.25, -0.2) is 8.42 Å². The summed E-state index contributed by atoms with van der Waals surface area (Å²) < 4.78 is 28.0. The highest BCUT2D eigenvalue weighted by Gasteiger charge is 2.26. The van der Waals surface area contributed by atoms with Crippen LogP contribution >= 0.6 is 0 Å². The fourth-order valence-corrected chi connectivity index (χ4v) is 4.29. The Kier molecular flexibility index (Phi) is 10.3. The highest BCUT2D eigenvalue weighted by molar-refractivity contribution is 7.89. The van der Waals surface area contributed by atoms with Crippen LogP contribution in [0.4, 0.5) is 0 Å². The number of sulfonamides is 1. The number of hydrogen-bond donors (Lipinski definition) is 3. The second-order valence-electron chi connectivity index (χ2n) is 7.59. The van der Waals surface area contributed by atoms with Crippen molar-refractivity contribution in [2.24, 2.45) is 11.7 Å². The molecule has 4 N–H and O–H groups in total. The fraction of sp³-hybridized carbons (Fsp3) is 0.619. The Balaban J connectivity index is 2.91. The topological polar surface area (TPSA) is 118 Å². The van der Waals surface area contributed by atoms with E-state index < -0.39 is 27.9 Å². The number of nitrogens with two attached hydrogens (primary N) is 1. The van der Waals surface area contributed by atoms with Crippen LogP contribution in [0.15, 0.2) is 23.1 Å². The molecule has 29 heavy (non-hydrogen) atoms. The third-order valence-corrected chi connectivity index (χ3v) is 6.66. The molecule has 0 spiro atoms. The Labute approximate surface area is 174 Å². The van der Waals surface area contributed by atoms with Crippen LogP contribution in [-0.2, 0) is 19.6 Å². The molecule has 0 fully saturated rings. The minimum Gasteiger partial charge on any atom is -0.370 e. The summed E-state index contributed by atoms with van der Waals surface area (Å²) in [6, 6.07) is 3.74. The molecule has 0 bridgehead atoms. The average Bonchev–Trinajstić information content (AvgIpc) is 2.66. The number of carbonyl (C=O) groups is 2. The first-order valence-electron chi connectivity index (χ1n) is 10.3. The molecule has 8 heteroatoms. The molecule has 0 radical (unpaired) electrons. The molecular weight excluding hydrogens is 390 g/mol. The first-order valence-corrected chi connectivity index (χ1v) is 11.7. The summed E-state index contributed by atoms with van der Waals surface area (Å²) in [7, 11) is -3.91. The first kappa shape index (κ1) is 25.1. The van der Waals surface area contributed by atoms with Gasteiger partial charge in [0.1, 0.15) is 6.04 Å². The first-order chi connectivity index (χ1) is 13.6. The second-order valence-corrected chi connectivity index (χ2v) is 9.30. The molecule has 1 rings (SSSR count). The van der Waals surface area contributed by atoms with Gasteiger partial charge in [0.2, 0.25) is 21.8 Å². The molecule has 0 heterocycles. The maximum atomic E-state index is 12.8. The number of carbonyl (C=O) groups excluding carboxylic acids is 2. The second kappa shape index (κ2) is 11.9. The zero-order chi connectivity index (χ0) is 22.0. The van der Waals surface area contributed by atoms with Gasteiger partial charge in [-0.1, -0.05) is 39.2 Å². The summed E-state index contributed by atoms with van der Waals surface area (Å²) in [6.07, 6.45) is 4.03. The summed E-state index contributed by atoms with van der Waals surface area (Å²) in [6.45, 7) is 8.39. The molecule has 7 nitrogen and oxygen atoms in total. The molecule has 2 atom stereocenters. The van der Waals surface area contributed by atoms with E-state index >= 15 is 0 Å². The normalized spacial score (nSPS) is 13.7. The number of primary amides is 1. The van der Waals surface area contributed by atoms with Crippen molar-refractivity contribution in [3.63, 3.8) is 0 Å². The van der Waals surface area contributed by atoms with Crippen molar-refractivity contribution in [3.8, 4) is 0 Å². The molecule has 2 amide bonds. The third kappa shape index (κ3) is 8.53. The van der Waals surface area contributed by atoms with E-state index in [1.165, 1.54) is 6.07 Å². The van der Waals surface area contributed by atoms with Gasteiger partial charge >= 0.3 is 0 Å². The maximum absolute atomic E-state index is 12.8. The van der Waals surface area contributed by atoms with Crippen LogP contribution < -0.4 is 15.8 Å². The Hall–Kier alpha value is -1.93. The number of hydrogen-bond acceptors (Lipinski definition) is 4. The van der Waals surface area contributed by atoms with Crippen LogP contribution in [0.5, 0.6) is 0 Å². The van der Waals surface area contributed by atoms with Crippen molar-refractivity contribution in [1.29, 1.82) is 0 Å². The van der Waals surface area contributed by atoms with Crippen LogP contribution in [0.2, 0.25) is 0 Å². The van der Waals surface area contributed by atoms with Crippen LogP contribution in [0.3, 0.4) is 0 Å². The number of unbranched alkanes of at least 4 members (excludes halogenated alkanes) is 1. The van der Waals surface area contributed by atoms with Gasteiger partial charge in [0.15, 0.2) is 0 Å². The predicted octanol–water partition coefficient (Wildman–Crippen LogP) is 2.55. The number of rotatable bonds is 13. The van der Waals surface area contributed by atoms with Crippen molar-refractivity contribution in [3.05, 3.63) is 29.3 Å². The lowest BCUT2D eigenvalue weighted by Crippen LogP contribution is -2.48. The van der Waals surface area contributed by atoms with Gasteiger partial charge in [-0.3, -0.25) is 9.59 Å². The van der Waals surface area contributed by atoms with E-state index in [0.717, 1.165) is 36.8 Å². The van der Waals surface area contributed by atoms with Gasteiger partial charge in [0.05, 0.1) is 4.90 Å². The lowest BCUT2D eigenvalue weighted by molar-refractivity contribution is -0.123. The Morgan fingerprint density at radius 3 is 2.34 bits per heavy atom. The van der Waals surface area contributed by atoms with E-state index in [9.17, 15) is 18.0 Å². The fourth-order valence-electron chi connectivity index (χ4n) is 2.98. The quantitative estimate of drug-likeness (QED) is 0.450. The monoisotopic (exact) mass is 425 g/mol. The lowest BCUT2D eigenvalue weighted by atomic mass is 9.99. The summed E-state index contributed by atoms with van der Waals surface area (Å²) in [5.41, 5.74) is 7.02. The van der Waals surface area contributed by atoms with Gasteiger partial charge in [-0.2, -0.15) is 4.72 Å². The molecule has 0 aliphatic rings. The number of aryl methyl sites for hydroxylation is 2. The van der Waals surface area contributed by atoms with Crippen LogP contribution in [0.25, 0.3) is 0 Å². The van der Waals surface area contributed by atoms with E-state index in [-0.39, 0.29) is 17.7 Å². The largest absolute Gasteiger partial charge is 0.370 e. The summed E-state index contributed by atoms with van der Waals surface area (Å²) in [5, 5.41) is 2.84. The van der Waals surface area contributed by atoms with Crippen molar-refractivity contribution < 1.29 is 18.0 Å². The summed E-state index contributed by atoms with van der Waals surface area (Å²) in [5.74, 6) is -0.678. The van der Waals surface area contributed by atoms with Gasteiger partial charge in [0, 0.05) is 13.0 Å². The van der Waals surface area contributed by atoms with Crippen LogP contribution in [-0.4, -0.2) is 32.8 Å². The van der Waals surface area contributed by atoms with Gasteiger partial charge in [-0.05, 0) is 55.9 Å². The van der Waals surface area contributed by atoms with Crippen LogP contribution in [0.1, 0.15) is 63.5 Å². The summed E-state index contributed by atoms with van der Waals surface area (Å²) in [4.78, 5) is 24.0. The van der Waals surface area contributed by atoms with Crippen molar-refractivity contribution in [1.82, 2.24) is 10.0 Å². The highest BCUT2D eigenvalue weighted by Crippen LogP contribution is 2.16. The average molecular weight is 426 g/mol. The standard InChI is InChI=1S/C21H35N3O4S/c1-5-7-8-17(6-2)14-23-21(26)19(11-12-20(22)25)24-29(27,28)18-10-9-15(3)16(4)13-18/h9-10,13,17,19,24H,5-8,11-12,14H2,1-4H3,(H2,22,25)(H,23,26)/t17-,19-/m0/s1. The molecule has 164 valence electrons. The molecule has 0 aromatic heterocycles. The molecule has 1 aromatic rings. The number of nitrogens with one attached hydrogen (secondary N) is 2. The van der Waals surface area contributed by atoms with E-state index in [1.54, 1.807) is 12.1 Å². The third-order valence-electron chi connectivity index (χ3n) is 5.19. The number of amides is 2. The van der Waals surface area contributed by atoms with Gasteiger partial charge in [0.25, 0.3) is 0 Å². The van der Waals surface area contributed by atoms with Gasteiger partial charge in [-0.15, -0.1) is 0 Å². The molecule has 1 aromatic carbocycles. The van der Waals surface area contributed by atoms with Crippen molar-refractivity contribution in [2.45, 2.75) is 77.2 Å². The smallest absolute Gasteiger partial charge is 0.241 e. The zero-order valence-electron chi connectivity index (χ0n) is 18.0. The lowest BCUT2D eigenvalue weighted by Gasteiger charge is -2.21. The summed E-state index contributed by atoms with van der Waals surface area (Å²) >= 11 is 0. The van der Waals surface area contributed by atoms with Crippen molar-refractivity contribution in [2.75, 3.05) is 6.54 Å². The minimum absolute atomic E-state index is 0.0109. The molecule has 0 unspecified atom stereocenters. The van der Waals surface area contributed by atoms with E-state index in [2.05, 4.69) is 23.9 Å². The highest BCUT2D eigenvalue weighted by atomic mass is 32.2. The van der Waals surface area contributed by atoms with Crippen molar-refractivity contribution >= 4 is 21.8 Å². The molecule has 0 aliphatic heterocycles. The predicted molar refractivity (Wildman–Crippen MR) is 115 cm³/mol. The molecular formula is C21H35N3O4S. The Bertz CT molecular complexity index is 793. The SMILES string of the molecule is CCCC[C@H](CC)CNC(=O)[C@H](CCC(N)=O)NS(=O)(=O)c1ccc(C)c(C)c1. The Morgan fingerprint density at radius 2 is 1.79 bits per heavy atom. The minimum atomic E-state index is -3.91. The van der Waals surface area contributed by atoms with Gasteiger partial charge < -0.3 is 11.1 Å². The maximum Gasteiger partial charge on any atom is 0.241 e. The van der Waals surface area contributed by atoms with E-state index in [0.29, 0.717) is 12.5 Å². The van der Waals surface area contributed by atoms with Crippen LogP contribution in [0, 0.1) is 19.8 Å². The molecule has 0 saturated heterocycles. The van der Waals surface area contributed by atoms with E-state index in [1.807, 2.05) is 13.8 Å². The molecule has 0 aliphatic carbocycles.